The zero-order valence-corrected chi connectivity index (χ0v) is 11.3. The molecular formula is C12H12FN3O3S. The molecule has 20 heavy (non-hydrogen) atoms. The third-order valence-corrected chi connectivity index (χ3v) is 3.85. The molecule has 0 amide bonds. The van der Waals surface area contributed by atoms with E-state index in [1.165, 1.54) is 37.6 Å². The largest absolute Gasteiger partial charge is 0.494 e. The molecule has 0 aliphatic carbocycles. The van der Waals surface area contributed by atoms with Gasteiger partial charge in [0, 0.05) is 0 Å². The zero-order chi connectivity index (χ0) is 14.8. The number of sulfonamides is 1. The highest BCUT2D eigenvalue weighted by Crippen LogP contribution is 2.22. The highest BCUT2D eigenvalue weighted by atomic mass is 32.2. The lowest BCUT2D eigenvalue weighted by atomic mass is 10.3. The summed E-state index contributed by atoms with van der Waals surface area (Å²) in [5.74, 6) is -0.521. The molecule has 1 heterocycles. The molecule has 3 N–H and O–H groups in total. The van der Waals surface area contributed by atoms with Crippen LogP contribution in [0.15, 0.2) is 41.4 Å². The number of pyridine rings is 1. The summed E-state index contributed by atoms with van der Waals surface area (Å²) in [4.78, 5) is 3.54. The van der Waals surface area contributed by atoms with E-state index in [1.54, 1.807) is 0 Å². The minimum Gasteiger partial charge on any atom is -0.494 e. The Bertz CT molecular complexity index is 717. The van der Waals surface area contributed by atoms with E-state index in [0.717, 1.165) is 6.07 Å². The van der Waals surface area contributed by atoms with Gasteiger partial charge in [0.15, 0.2) is 11.6 Å². The molecule has 0 atom stereocenters. The van der Waals surface area contributed by atoms with E-state index in [4.69, 9.17) is 10.5 Å². The van der Waals surface area contributed by atoms with Crippen LogP contribution in [0.5, 0.6) is 5.75 Å². The lowest BCUT2D eigenvalue weighted by Crippen LogP contribution is -2.13. The first-order chi connectivity index (χ1) is 9.42. The molecule has 1 aromatic heterocycles. The van der Waals surface area contributed by atoms with E-state index in [1.807, 2.05) is 0 Å². The number of nitrogens with zero attached hydrogens (tertiary/aromatic N) is 1. The molecule has 0 saturated heterocycles. The third kappa shape index (κ3) is 2.97. The van der Waals surface area contributed by atoms with Crippen molar-refractivity contribution in [2.45, 2.75) is 4.90 Å². The number of rotatable bonds is 4. The van der Waals surface area contributed by atoms with Crippen LogP contribution in [0.2, 0.25) is 0 Å². The van der Waals surface area contributed by atoms with Gasteiger partial charge in [0.05, 0.1) is 23.9 Å². The van der Waals surface area contributed by atoms with Gasteiger partial charge in [-0.3, -0.25) is 4.72 Å². The molecule has 2 rings (SSSR count). The lowest BCUT2D eigenvalue weighted by Gasteiger charge is -2.09. The number of hydrogen-bond donors (Lipinski definition) is 2. The fourth-order valence-corrected chi connectivity index (χ4v) is 2.55. The number of hydrogen-bond acceptors (Lipinski definition) is 5. The topological polar surface area (TPSA) is 94.3 Å². The van der Waals surface area contributed by atoms with Crippen LogP contribution < -0.4 is 15.2 Å². The second-order valence-electron chi connectivity index (χ2n) is 3.87. The third-order valence-electron chi connectivity index (χ3n) is 2.47. The molecule has 0 unspecified atom stereocenters. The van der Waals surface area contributed by atoms with Gasteiger partial charge in [-0.25, -0.2) is 17.8 Å². The van der Waals surface area contributed by atoms with Crippen molar-refractivity contribution in [3.05, 3.63) is 42.3 Å². The summed E-state index contributed by atoms with van der Waals surface area (Å²) in [5, 5.41) is 0. The summed E-state index contributed by atoms with van der Waals surface area (Å²) in [7, 11) is -2.60. The number of aromatic nitrogens is 1. The van der Waals surface area contributed by atoms with Gasteiger partial charge in [0.1, 0.15) is 5.82 Å². The van der Waals surface area contributed by atoms with E-state index in [-0.39, 0.29) is 22.2 Å². The molecule has 0 bridgehead atoms. The fraction of sp³-hybridized carbons (Fsp3) is 0.0833. The van der Waals surface area contributed by atoms with Crippen LogP contribution in [0.1, 0.15) is 0 Å². The van der Waals surface area contributed by atoms with Crippen molar-refractivity contribution >= 4 is 21.5 Å². The molecule has 0 saturated carbocycles. The van der Waals surface area contributed by atoms with Crippen molar-refractivity contribution in [3.8, 4) is 5.75 Å². The minimum absolute atomic E-state index is 0.0295. The number of nitrogens with two attached hydrogens (primary N) is 1. The van der Waals surface area contributed by atoms with Gasteiger partial charge < -0.3 is 10.5 Å². The number of halogens is 1. The predicted octanol–water partition coefficient (Wildman–Crippen LogP) is 1.61. The normalized spacial score (nSPS) is 11.1. The molecule has 0 fully saturated rings. The average Bonchev–Trinajstić information content (AvgIpc) is 2.41. The van der Waals surface area contributed by atoms with E-state index >= 15 is 0 Å². The van der Waals surface area contributed by atoms with E-state index in [9.17, 15) is 12.8 Å². The van der Waals surface area contributed by atoms with Gasteiger partial charge in [-0.15, -0.1) is 0 Å². The van der Waals surface area contributed by atoms with Crippen LogP contribution in [0.3, 0.4) is 0 Å². The zero-order valence-electron chi connectivity index (χ0n) is 10.5. The Balaban J connectivity index is 2.30. The molecule has 6 nitrogen and oxygen atoms in total. The van der Waals surface area contributed by atoms with Crippen LogP contribution in [0.4, 0.5) is 15.9 Å². The SMILES string of the molecule is COc1ccc(S(=O)(=O)Nc2ccc(N)nc2)cc1F. The maximum Gasteiger partial charge on any atom is 0.262 e. The molecule has 2 aromatic rings. The molecule has 106 valence electrons. The van der Waals surface area contributed by atoms with Crippen molar-refractivity contribution < 1.29 is 17.5 Å². The van der Waals surface area contributed by atoms with Gasteiger partial charge >= 0.3 is 0 Å². The summed E-state index contributed by atoms with van der Waals surface area (Å²) in [5.41, 5.74) is 5.63. The molecule has 1 aromatic carbocycles. The average molecular weight is 297 g/mol. The predicted molar refractivity (Wildman–Crippen MR) is 72.4 cm³/mol. The van der Waals surface area contributed by atoms with E-state index in [2.05, 4.69) is 9.71 Å². The van der Waals surface area contributed by atoms with Crippen LogP contribution in [-0.4, -0.2) is 20.5 Å². The molecule has 0 radical (unpaired) electrons. The Morgan fingerprint density at radius 1 is 1.30 bits per heavy atom. The van der Waals surface area contributed by atoms with Crippen LogP contribution in [0.25, 0.3) is 0 Å². The second kappa shape index (κ2) is 5.33. The van der Waals surface area contributed by atoms with E-state index in [0.29, 0.717) is 0 Å². The summed E-state index contributed by atoms with van der Waals surface area (Å²) in [6.45, 7) is 0. The fourth-order valence-electron chi connectivity index (χ4n) is 1.49. The smallest absolute Gasteiger partial charge is 0.262 e. The number of nitrogens with one attached hydrogen (secondary N) is 1. The Hall–Kier alpha value is -2.35. The highest BCUT2D eigenvalue weighted by Gasteiger charge is 2.16. The second-order valence-corrected chi connectivity index (χ2v) is 5.56. The molecule has 0 aliphatic rings. The van der Waals surface area contributed by atoms with Gasteiger partial charge in [-0.1, -0.05) is 0 Å². The number of methoxy groups -OCH3 is 1. The number of anilines is 2. The molecule has 8 heteroatoms. The summed E-state index contributed by atoms with van der Waals surface area (Å²) in [6.07, 6.45) is 1.27. The quantitative estimate of drug-likeness (QED) is 0.894. The first kappa shape index (κ1) is 14.1. The van der Waals surface area contributed by atoms with Crippen molar-refractivity contribution in [1.82, 2.24) is 4.98 Å². The van der Waals surface area contributed by atoms with Crippen molar-refractivity contribution in [3.63, 3.8) is 0 Å². The number of nitrogen functional groups attached to an aromatic ring is 1. The van der Waals surface area contributed by atoms with E-state index < -0.39 is 15.8 Å². The van der Waals surface area contributed by atoms with Crippen molar-refractivity contribution in [2.75, 3.05) is 17.6 Å². The minimum atomic E-state index is -3.90. The Morgan fingerprint density at radius 2 is 2.05 bits per heavy atom. The van der Waals surface area contributed by atoms with Crippen molar-refractivity contribution in [1.29, 1.82) is 0 Å². The van der Waals surface area contributed by atoms with Gasteiger partial charge in [0.2, 0.25) is 0 Å². The van der Waals surface area contributed by atoms with Crippen molar-refractivity contribution in [2.24, 2.45) is 0 Å². The molecule has 0 aliphatic heterocycles. The lowest BCUT2D eigenvalue weighted by molar-refractivity contribution is 0.385. The standard InChI is InChI=1S/C12H12FN3O3S/c1-19-11-4-3-9(6-10(11)13)20(17,18)16-8-2-5-12(14)15-7-8/h2-7,16H,1H3,(H2,14,15). The molecule has 0 spiro atoms. The van der Waals surface area contributed by atoms with Gasteiger partial charge in [-0.2, -0.15) is 0 Å². The molecular weight excluding hydrogens is 285 g/mol. The van der Waals surface area contributed by atoms with Crippen LogP contribution >= 0.6 is 0 Å². The highest BCUT2D eigenvalue weighted by molar-refractivity contribution is 7.92. The Morgan fingerprint density at radius 3 is 2.60 bits per heavy atom. The van der Waals surface area contributed by atoms with Crippen LogP contribution in [-0.2, 0) is 10.0 Å². The first-order valence-corrected chi connectivity index (χ1v) is 6.98. The van der Waals surface area contributed by atoms with Gasteiger partial charge in [-0.05, 0) is 30.3 Å². The monoisotopic (exact) mass is 297 g/mol. The summed E-state index contributed by atoms with van der Waals surface area (Å²) >= 11 is 0. The van der Waals surface area contributed by atoms with Crippen LogP contribution in [0, 0.1) is 5.82 Å². The number of benzene rings is 1. The Kier molecular flexibility index (Phi) is 3.75. The maximum atomic E-state index is 13.5. The maximum absolute atomic E-state index is 13.5. The first-order valence-electron chi connectivity index (χ1n) is 5.50. The Labute approximate surface area is 115 Å². The summed E-state index contributed by atoms with van der Waals surface area (Å²) in [6, 6.07) is 6.28. The van der Waals surface area contributed by atoms with Gasteiger partial charge in [0.25, 0.3) is 10.0 Å². The summed E-state index contributed by atoms with van der Waals surface area (Å²) < 4.78 is 44.7. The number of ether oxygens (including phenoxy) is 1.